The minimum atomic E-state index is -1.25. The molecule has 1 aromatic carbocycles. The molecule has 0 bridgehead atoms. The summed E-state index contributed by atoms with van der Waals surface area (Å²) in [6, 6.07) is 6.94. The molecule has 0 saturated heterocycles. The summed E-state index contributed by atoms with van der Waals surface area (Å²) in [7, 11) is 0. The van der Waals surface area contributed by atoms with Crippen LogP contribution in [0.2, 0.25) is 5.02 Å². The molecule has 1 aromatic rings. The minimum Gasteiger partial charge on any atom is -0.461 e. The number of hydrogen-bond acceptors (Lipinski definition) is 3. The van der Waals surface area contributed by atoms with E-state index in [0.29, 0.717) is 10.8 Å². The van der Waals surface area contributed by atoms with Crippen molar-refractivity contribution in [1.82, 2.24) is 0 Å². The molecule has 1 saturated carbocycles. The zero-order valence-corrected chi connectivity index (χ0v) is 8.24. The van der Waals surface area contributed by atoms with Crippen molar-refractivity contribution < 1.29 is 14.9 Å². The monoisotopic (exact) mass is 214 g/mol. The summed E-state index contributed by atoms with van der Waals surface area (Å²) in [6.45, 7) is 0. The van der Waals surface area contributed by atoms with Crippen molar-refractivity contribution in [3.8, 4) is 5.75 Å². The number of halogens is 1. The first-order chi connectivity index (χ1) is 6.59. The average molecular weight is 215 g/mol. The Hall–Kier alpha value is -0.770. The number of rotatable bonds is 2. The molecule has 2 N–H and O–H groups in total. The largest absolute Gasteiger partial charge is 0.461 e. The van der Waals surface area contributed by atoms with Gasteiger partial charge in [0.05, 0.1) is 11.1 Å². The van der Waals surface area contributed by atoms with Crippen molar-refractivity contribution in [1.29, 1.82) is 0 Å². The van der Waals surface area contributed by atoms with E-state index in [4.69, 9.17) is 21.4 Å². The van der Waals surface area contributed by atoms with E-state index < -0.39 is 11.9 Å². The lowest BCUT2D eigenvalue weighted by Crippen LogP contribution is -2.51. The van der Waals surface area contributed by atoms with Gasteiger partial charge in [0.15, 0.2) is 0 Å². The number of aliphatic hydroxyl groups is 2. The highest BCUT2D eigenvalue weighted by Gasteiger charge is 2.44. The van der Waals surface area contributed by atoms with Crippen molar-refractivity contribution in [2.24, 2.45) is 0 Å². The maximum Gasteiger partial charge on any atom is 0.213 e. The van der Waals surface area contributed by atoms with Gasteiger partial charge in [-0.3, -0.25) is 0 Å². The molecule has 0 amide bonds. The number of hydrogen-bond donors (Lipinski definition) is 2. The standard InChI is InChI=1S/C10H11ClO3/c11-8-3-1-2-4-9(8)14-10(13)5-7(12)6-10/h1-4,7,12-13H,5-6H2. The van der Waals surface area contributed by atoms with E-state index in [1.807, 2.05) is 0 Å². The van der Waals surface area contributed by atoms with E-state index >= 15 is 0 Å². The third kappa shape index (κ3) is 1.85. The van der Waals surface area contributed by atoms with Crippen LogP contribution >= 0.6 is 11.6 Å². The molecule has 1 aliphatic rings. The number of aliphatic hydroxyl groups excluding tert-OH is 1. The van der Waals surface area contributed by atoms with Crippen molar-refractivity contribution in [2.45, 2.75) is 24.7 Å². The molecule has 0 aliphatic heterocycles. The Morgan fingerprint density at radius 2 is 2.00 bits per heavy atom. The Balaban J connectivity index is 2.08. The Morgan fingerprint density at radius 1 is 1.36 bits per heavy atom. The van der Waals surface area contributed by atoms with Crippen molar-refractivity contribution in [3.05, 3.63) is 29.3 Å². The molecule has 0 unspecified atom stereocenters. The summed E-state index contributed by atoms with van der Waals surface area (Å²) in [4.78, 5) is 0. The molecule has 14 heavy (non-hydrogen) atoms. The molecule has 1 fully saturated rings. The van der Waals surface area contributed by atoms with Crippen LogP contribution in [-0.4, -0.2) is 22.1 Å². The highest BCUT2D eigenvalue weighted by atomic mass is 35.5. The van der Waals surface area contributed by atoms with Gasteiger partial charge in [0, 0.05) is 12.8 Å². The lowest BCUT2D eigenvalue weighted by atomic mass is 9.88. The second kappa shape index (κ2) is 3.42. The van der Waals surface area contributed by atoms with Crippen molar-refractivity contribution >= 4 is 11.6 Å². The summed E-state index contributed by atoms with van der Waals surface area (Å²) in [6.07, 6.45) is -0.00122. The maximum absolute atomic E-state index is 9.72. The fourth-order valence-corrected chi connectivity index (χ4v) is 1.67. The number of ether oxygens (including phenoxy) is 1. The topological polar surface area (TPSA) is 49.7 Å². The second-order valence-electron chi connectivity index (χ2n) is 3.54. The molecule has 0 atom stereocenters. The first kappa shape index (κ1) is 9.77. The second-order valence-corrected chi connectivity index (χ2v) is 3.95. The molecule has 0 spiro atoms. The lowest BCUT2D eigenvalue weighted by Gasteiger charge is -2.40. The third-order valence-electron chi connectivity index (χ3n) is 2.25. The number of benzene rings is 1. The van der Waals surface area contributed by atoms with Gasteiger partial charge in [-0.05, 0) is 12.1 Å². The van der Waals surface area contributed by atoms with E-state index in [1.165, 1.54) is 0 Å². The average Bonchev–Trinajstić information content (AvgIpc) is 2.06. The van der Waals surface area contributed by atoms with Gasteiger partial charge in [0.25, 0.3) is 0 Å². The van der Waals surface area contributed by atoms with Crippen LogP contribution in [0.1, 0.15) is 12.8 Å². The minimum absolute atomic E-state index is 0.234. The molecule has 3 nitrogen and oxygen atoms in total. The highest BCUT2D eigenvalue weighted by molar-refractivity contribution is 6.32. The van der Waals surface area contributed by atoms with E-state index in [9.17, 15) is 5.11 Å². The fourth-order valence-electron chi connectivity index (χ4n) is 1.49. The van der Waals surface area contributed by atoms with E-state index in [2.05, 4.69) is 0 Å². The van der Waals surface area contributed by atoms with Gasteiger partial charge >= 0.3 is 0 Å². The lowest BCUT2D eigenvalue weighted by molar-refractivity contribution is -0.232. The van der Waals surface area contributed by atoms with Gasteiger partial charge in [-0.25, -0.2) is 0 Å². The summed E-state index contributed by atoms with van der Waals surface area (Å²) in [5.41, 5.74) is 0. The molecule has 0 aromatic heterocycles. The van der Waals surface area contributed by atoms with Crippen LogP contribution in [0.4, 0.5) is 0 Å². The van der Waals surface area contributed by atoms with Crippen LogP contribution in [0.5, 0.6) is 5.75 Å². The van der Waals surface area contributed by atoms with Crippen LogP contribution < -0.4 is 4.74 Å². The van der Waals surface area contributed by atoms with Crippen LogP contribution in [0.25, 0.3) is 0 Å². The molecule has 0 heterocycles. The SMILES string of the molecule is OC1CC(O)(Oc2ccccc2Cl)C1. The Kier molecular flexibility index (Phi) is 2.39. The zero-order chi connectivity index (χ0) is 10.2. The first-order valence-corrected chi connectivity index (χ1v) is 4.81. The van der Waals surface area contributed by atoms with Gasteiger partial charge in [-0.2, -0.15) is 0 Å². The molecular formula is C10H11ClO3. The van der Waals surface area contributed by atoms with Crippen LogP contribution in [0.15, 0.2) is 24.3 Å². The first-order valence-electron chi connectivity index (χ1n) is 4.43. The number of para-hydroxylation sites is 1. The molecule has 2 rings (SSSR count). The Labute approximate surface area is 86.9 Å². The van der Waals surface area contributed by atoms with Crippen molar-refractivity contribution in [3.63, 3.8) is 0 Å². The summed E-state index contributed by atoms with van der Waals surface area (Å²) < 4.78 is 5.30. The zero-order valence-electron chi connectivity index (χ0n) is 7.48. The van der Waals surface area contributed by atoms with Crippen LogP contribution in [0, 0.1) is 0 Å². The molecule has 4 heteroatoms. The Morgan fingerprint density at radius 3 is 2.57 bits per heavy atom. The van der Waals surface area contributed by atoms with Crippen LogP contribution in [0.3, 0.4) is 0 Å². The van der Waals surface area contributed by atoms with E-state index in [1.54, 1.807) is 24.3 Å². The predicted molar refractivity (Wildman–Crippen MR) is 52.3 cm³/mol. The fraction of sp³-hybridized carbons (Fsp3) is 0.400. The summed E-state index contributed by atoms with van der Waals surface area (Å²) >= 11 is 5.85. The quantitative estimate of drug-likeness (QED) is 0.735. The predicted octanol–water partition coefficient (Wildman–Crippen LogP) is 1.56. The van der Waals surface area contributed by atoms with Crippen molar-refractivity contribution in [2.75, 3.05) is 0 Å². The van der Waals surface area contributed by atoms with E-state index in [-0.39, 0.29) is 12.8 Å². The van der Waals surface area contributed by atoms with Crippen LogP contribution in [-0.2, 0) is 0 Å². The van der Waals surface area contributed by atoms with Gasteiger partial charge < -0.3 is 14.9 Å². The maximum atomic E-state index is 9.72. The highest BCUT2D eigenvalue weighted by Crippen LogP contribution is 2.36. The molecular weight excluding hydrogens is 204 g/mol. The van der Waals surface area contributed by atoms with Gasteiger partial charge in [-0.15, -0.1) is 0 Å². The van der Waals surface area contributed by atoms with E-state index in [0.717, 1.165) is 0 Å². The molecule has 0 radical (unpaired) electrons. The molecule has 1 aliphatic carbocycles. The third-order valence-corrected chi connectivity index (χ3v) is 2.56. The Bertz CT molecular complexity index is 334. The van der Waals surface area contributed by atoms with Gasteiger partial charge in [0.1, 0.15) is 5.75 Å². The van der Waals surface area contributed by atoms with Gasteiger partial charge in [-0.1, -0.05) is 23.7 Å². The molecule has 76 valence electrons. The van der Waals surface area contributed by atoms with Gasteiger partial charge in [0.2, 0.25) is 5.79 Å². The smallest absolute Gasteiger partial charge is 0.213 e. The summed E-state index contributed by atoms with van der Waals surface area (Å²) in [5.74, 6) is -0.798. The summed E-state index contributed by atoms with van der Waals surface area (Å²) in [5, 5.41) is 19.2. The normalized spacial score (nSPS) is 30.9.